The van der Waals surface area contributed by atoms with Gasteiger partial charge in [0, 0.05) is 25.1 Å². The van der Waals surface area contributed by atoms with Gasteiger partial charge in [0.1, 0.15) is 17.7 Å². The Hall–Kier alpha value is -2.95. The van der Waals surface area contributed by atoms with Gasteiger partial charge in [-0.3, -0.25) is 4.79 Å². The number of carbonyl (C=O) groups is 1. The second kappa shape index (κ2) is 6.66. The molecule has 4 nitrogen and oxygen atoms in total. The number of aromatic nitrogens is 2. The summed E-state index contributed by atoms with van der Waals surface area (Å²) in [6, 6.07) is 14.0. The summed E-state index contributed by atoms with van der Waals surface area (Å²) in [5, 5.41) is 3.29. The van der Waals surface area contributed by atoms with E-state index in [0.29, 0.717) is 5.69 Å². The van der Waals surface area contributed by atoms with Crippen LogP contribution >= 0.6 is 0 Å². The second-order valence-electron chi connectivity index (χ2n) is 5.60. The summed E-state index contributed by atoms with van der Waals surface area (Å²) in [6.07, 6.45) is 3.56. The van der Waals surface area contributed by atoms with E-state index in [-0.39, 0.29) is 17.4 Å². The van der Waals surface area contributed by atoms with Gasteiger partial charge in [0.05, 0.1) is 5.56 Å². The highest BCUT2D eigenvalue weighted by molar-refractivity contribution is 5.99. The molecule has 24 heavy (non-hydrogen) atoms. The van der Waals surface area contributed by atoms with Gasteiger partial charge in [-0.15, -0.1) is 0 Å². The molecule has 3 rings (SSSR count). The van der Waals surface area contributed by atoms with Crippen molar-refractivity contribution in [1.29, 1.82) is 0 Å². The zero-order valence-electron chi connectivity index (χ0n) is 13.5. The number of nitrogens with one attached hydrogen (secondary N) is 1. The summed E-state index contributed by atoms with van der Waals surface area (Å²) >= 11 is 0. The van der Waals surface area contributed by atoms with E-state index in [1.54, 1.807) is 18.3 Å². The molecule has 0 amide bonds. The minimum Gasteiger partial charge on any atom is -0.371 e. The number of anilines is 1. The van der Waals surface area contributed by atoms with Gasteiger partial charge in [0.25, 0.3) is 0 Å². The van der Waals surface area contributed by atoms with Crippen molar-refractivity contribution in [1.82, 2.24) is 9.55 Å². The number of Topliss-reactive ketones (excluding diaryl/α,β-unsaturated/α-hetero) is 1. The van der Waals surface area contributed by atoms with Crippen LogP contribution < -0.4 is 5.32 Å². The first-order valence-corrected chi connectivity index (χ1v) is 7.66. The number of hydrogen-bond donors (Lipinski definition) is 1. The molecule has 0 aliphatic heterocycles. The third-order valence-electron chi connectivity index (χ3n) is 3.92. The molecule has 0 aliphatic rings. The van der Waals surface area contributed by atoms with Crippen LogP contribution in [-0.4, -0.2) is 15.3 Å². The lowest BCUT2D eigenvalue weighted by molar-refractivity contribution is 0.101. The summed E-state index contributed by atoms with van der Waals surface area (Å²) in [7, 11) is 1.90. The molecule has 0 aliphatic carbocycles. The number of imidazole rings is 1. The van der Waals surface area contributed by atoms with E-state index in [0.717, 1.165) is 11.4 Å². The molecule has 0 saturated heterocycles. The molecule has 1 aromatic heterocycles. The van der Waals surface area contributed by atoms with Crippen molar-refractivity contribution in [3.05, 3.63) is 83.7 Å². The standard InChI is InChI=1S/C19H18FN3O/c1-13(24)17-15(20)9-6-10-16(17)22-18(14-7-4-3-5-8-14)19-21-11-12-23(19)2/h3-12,18,22H,1-2H3/t18-/m1/s1. The zero-order valence-corrected chi connectivity index (χ0v) is 13.5. The molecule has 0 radical (unpaired) electrons. The fourth-order valence-corrected chi connectivity index (χ4v) is 2.76. The fourth-order valence-electron chi connectivity index (χ4n) is 2.76. The maximum atomic E-state index is 14.1. The number of hydrogen-bond acceptors (Lipinski definition) is 3. The topological polar surface area (TPSA) is 46.9 Å². The third kappa shape index (κ3) is 3.06. The summed E-state index contributed by atoms with van der Waals surface area (Å²) in [5.41, 5.74) is 1.50. The van der Waals surface area contributed by atoms with Crippen LogP contribution in [0.15, 0.2) is 60.9 Å². The predicted octanol–water partition coefficient (Wildman–Crippen LogP) is 3.96. The van der Waals surface area contributed by atoms with E-state index in [1.165, 1.54) is 13.0 Å². The van der Waals surface area contributed by atoms with Crippen LogP contribution in [0.4, 0.5) is 10.1 Å². The van der Waals surface area contributed by atoms with E-state index < -0.39 is 5.82 Å². The van der Waals surface area contributed by atoms with Crippen molar-refractivity contribution >= 4 is 11.5 Å². The van der Waals surface area contributed by atoms with Crippen molar-refractivity contribution in [2.75, 3.05) is 5.32 Å². The van der Waals surface area contributed by atoms with Gasteiger partial charge < -0.3 is 9.88 Å². The average molecular weight is 323 g/mol. The number of nitrogens with zero attached hydrogens (tertiary/aromatic N) is 2. The average Bonchev–Trinajstić information content (AvgIpc) is 2.99. The Morgan fingerprint density at radius 2 is 1.92 bits per heavy atom. The van der Waals surface area contributed by atoms with Gasteiger partial charge in [-0.05, 0) is 24.6 Å². The Morgan fingerprint density at radius 3 is 2.54 bits per heavy atom. The number of ketones is 1. The maximum Gasteiger partial charge on any atom is 0.164 e. The fraction of sp³-hybridized carbons (Fsp3) is 0.158. The molecule has 5 heteroatoms. The van der Waals surface area contributed by atoms with Crippen molar-refractivity contribution in [3.8, 4) is 0 Å². The van der Waals surface area contributed by atoms with Crippen LogP contribution in [0.25, 0.3) is 0 Å². The number of halogens is 1. The Bertz CT molecular complexity index is 858. The molecule has 122 valence electrons. The summed E-state index contributed by atoms with van der Waals surface area (Å²) < 4.78 is 16.0. The monoisotopic (exact) mass is 323 g/mol. The molecule has 1 heterocycles. The lowest BCUT2D eigenvalue weighted by atomic mass is 10.0. The van der Waals surface area contributed by atoms with Crippen LogP contribution in [0, 0.1) is 5.82 Å². The number of rotatable bonds is 5. The number of carbonyl (C=O) groups excluding carboxylic acids is 1. The highest BCUT2D eigenvalue weighted by Gasteiger charge is 2.21. The highest BCUT2D eigenvalue weighted by Crippen LogP contribution is 2.28. The smallest absolute Gasteiger partial charge is 0.164 e. The summed E-state index contributed by atoms with van der Waals surface area (Å²) in [6.45, 7) is 1.36. The molecule has 0 fully saturated rings. The van der Waals surface area contributed by atoms with E-state index in [4.69, 9.17) is 0 Å². The largest absolute Gasteiger partial charge is 0.371 e. The maximum absolute atomic E-state index is 14.1. The highest BCUT2D eigenvalue weighted by atomic mass is 19.1. The van der Waals surface area contributed by atoms with E-state index in [9.17, 15) is 9.18 Å². The van der Waals surface area contributed by atoms with Gasteiger partial charge in [0.15, 0.2) is 5.78 Å². The summed E-state index contributed by atoms with van der Waals surface area (Å²) in [4.78, 5) is 16.3. The molecule has 0 saturated carbocycles. The minimum atomic E-state index is -0.529. The Kier molecular flexibility index (Phi) is 4.42. The quantitative estimate of drug-likeness (QED) is 0.723. The lowest BCUT2D eigenvalue weighted by Gasteiger charge is -2.22. The second-order valence-corrected chi connectivity index (χ2v) is 5.60. The van der Waals surface area contributed by atoms with Crippen molar-refractivity contribution in [2.45, 2.75) is 13.0 Å². The van der Waals surface area contributed by atoms with E-state index >= 15 is 0 Å². The molecular formula is C19H18FN3O. The number of benzene rings is 2. The van der Waals surface area contributed by atoms with E-state index in [2.05, 4.69) is 10.3 Å². The predicted molar refractivity (Wildman–Crippen MR) is 91.5 cm³/mol. The van der Waals surface area contributed by atoms with Crippen molar-refractivity contribution in [2.24, 2.45) is 7.05 Å². The van der Waals surface area contributed by atoms with Gasteiger partial charge >= 0.3 is 0 Å². The van der Waals surface area contributed by atoms with Gasteiger partial charge in [0.2, 0.25) is 0 Å². The molecule has 0 unspecified atom stereocenters. The first kappa shape index (κ1) is 15.9. The van der Waals surface area contributed by atoms with Crippen LogP contribution in [0.5, 0.6) is 0 Å². The molecule has 0 bridgehead atoms. The molecule has 2 aromatic carbocycles. The molecule has 0 spiro atoms. The van der Waals surface area contributed by atoms with Gasteiger partial charge in [-0.2, -0.15) is 0 Å². The lowest BCUT2D eigenvalue weighted by Crippen LogP contribution is -2.18. The Labute approximate surface area is 140 Å². The van der Waals surface area contributed by atoms with E-state index in [1.807, 2.05) is 48.1 Å². The molecule has 1 N–H and O–H groups in total. The zero-order chi connectivity index (χ0) is 17.1. The van der Waals surface area contributed by atoms with Gasteiger partial charge in [-0.1, -0.05) is 36.4 Å². The minimum absolute atomic E-state index is 0.0626. The normalized spacial score (nSPS) is 12.0. The first-order chi connectivity index (χ1) is 11.6. The Morgan fingerprint density at radius 1 is 1.17 bits per heavy atom. The molecular weight excluding hydrogens is 305 g/mol. The van der Waals surface area contributed by atoms with Crippen LogP contribution in [0.1, 0.15) is 34.7 Å². The van der Waals surface area contributed by atoms with Crippen molar-refractivity contribution in [3.63, 3.8) is 0 Å². The van der Waals surface area contributed by atoms with Crippen LogP contribution in [-0.2, 0) is 7.05 Å². The SMILES string of the molecule is CC(=O)c1c(F)cccc1N[C@H](c1ccccc1)c1nccn1C. The summed E-state index contributed by atoms with van der Waals surface area (Å²) in [5.74, 6) is -0.0682. The Balaban J connectivity index is 2.08. The molecule has 1 atom stereocenters. The van der Waals surface area contributed by atoms with Gasteiger partial charge in [-0.25, -0.2) is 9.37 Å². The van der Waals surface area contributed by atoms with Crippen LogP contribution in [0.2, 0.25) is 0 Å². The van der Waals surface area contributed by atoms with Crippen LogP contribution in [0.3, 0.4) is 0 Å². The first-order valence-electron chi connectivity index (χ1n) is 7.66. The molecule has 3 aromatic rings. The third-order valence-corrected chi connectivity index (χ3v) is 3.92. The number of aryl methyl sites for hydroxylation is 1. The van der Waals surface area contributed by atoms with Crippen molar-refractivity contribution < 1.29 is 9.18 Å².